The molecule has 1 amide bonds. The minimum atomic E-state index is -0.605. The van der Waals surface area contributed by atoms with Crippen LogP contribution < -0.4 is 5.32 Å². The molecule has 0 heterocycles. The van der Waals surface area contributed by atoms with Crippen molar-refractivity contribution in [1.29, 1.82) is 0 Å². The van der Waals surface area contributed by atoms with Crippen molar-refractivity contribution < 1.29 is 14.3 Å². The van der Waals surface area contributed by atoms with Gasteiger partial charge in [-0.2, -0.15) is 0 Å². The van der Waals surface area contributed by atoms with Crippen LogP contribution in [-0.4, -0.2) is 18.5 Å². The van der Waals surface area contributed by atoms with E-state index in [9.17, 15) is 9.59 Å². The van der Waals surface area contributed by atoms with E-state index in [2.05, 4.69) is 18.5 Å². The number of benzene rings is 1. The maximum absolute atomic E-state index is 11.7. The number of halogens is 1. The summed E-state index contributed by atoms with van der Waals surface area (Å²) in [5, 5.41) is 3.20. The first-order chi connectivity index (χ1) is 9.02. The van der Waals surface area contributed by atoms with Crippen molar-refractivity contribution in [3.05, 3.63) is 54.1 Å². The zero-order valence-electron chi connectivity index (χ0n) is 10.3. The topological polar surface area (TPSA) is 55.4 Å². The Balaban J connectivity index is 2.46. The highest BCUT2D eigenvalue weighted by molar-refractivity contribution is 6.30. The molecule has 0 saturated carbocycles. The van der Waals surface area contributed by atoms with Crippen LogP contribution in [0.3, 0.4) is 0 Å². The molecule has 4 nitrogen and oxygen atoms in total. The monoisotopic (exact) mass is 279 g/mol. The van der Waals surface area contributed by atoms with Crippen molar-refractivity contribution in [2.75, 3.05) is 11.9 Å². The Kier molecular flexibility index (Phi) is 5.82. The van der Waals surface area contributed by atoms with Gasteiger partial charge >= 0.3 is 5.97 Å². The number of esters is 1. The van der Waals surface area contributed by atoms with E-state index < -0.39 is 5.97 Å². The van der Waals surface area contributed by atoms with Gasteiger partial charge in [-0.25, -0.2) is 4.79 Å². The molecule has 1 rings (SSSR count). The Morgan fingerprint density at radius 2 is 1.95 bits per heavy atom. The van der Waals surface area contributed by atoms with Crippen LogP contribution in [0, 0.1) is 0 Å². The molecule has 0 spiro atoms. The van der Waals surface area contributed by atoms with E-state index in [0.717, 1.165) is 0 Å². The van der Waals surface area contributed by atoms with Crippen LogP contribution >= 0.6 is 11.6 Å². The van der Waals surface area contributed by atoms with E-state index in [1.807, 2.05) is 0 Å². The summed E-state index contributed by atoms with van der Waals surface area (Å²) in [6, 6.07) is 6.65. The largest absolute Gasteiger partial charge is 0.458 e. The second kappa shape index (κ2) is 7.38. The molecule has 0 unspecified atom stereocenters. The Labute approximate surface area is 116 Å². The summed E-state index contributed by atoms with van der Waals surface area (Å²) < 4.78 is 4.77. The van der Waals surface area contributed by atoms with Crippen LogP contribution in [-0.2, 0) is 14.3 Å². The van der Waals surface area contributed by atoms with Gasteiger partial charge in [-0.3, -0.25) is 4.79 Å². The van der Waals surface area contributed by atoms with Crippen LogP contribution in [0.25, 0.3) is 0 Å². The number of amides is 1. The first-order valence-corrected chi connectivity index (χ1v) is 5.92. The summed E-state index contributed by atoms with van der Waals surface area (Å²) in [5.41, 5.74) is 0.690. The molecule has 1 aromatic rings. The van der Waals surface area contributed by atoms with Crippen molar-refractivity contribution in [2.45, 2.75) is 6.42 Å². The van der Waals surface area contributed by atoms with Crippen LogP contribution in [0.4, 0.5) is 5.69 Å². The van der Waals surface area contributed by atoms with Gasteiger partial charge in [0.05, 0.1) is 6.42 Å². The van der Waals surface area contributed by atoms with Crippen molar-refractivity contribution in [3.8, 4) is 0 Å². The molecule has 0 bridgehead atoms. The third-order valence-electron chi connectivity index (χ3n) is 2.12. The number of anilines is 1. The van der Waals surface area contributed by atoms with Crippen molar-refractivity contribution in [1.82, 2.24) is 0 Å². The van der Waals surface area contributed by atoms with Gasteiger partial charge in [0.15, 0.2) is 0 Å². The standard InChI is InChI=1S/C14H14ClNO3/c1-3-8-19-14(18)10(2)9-13(17)16-12-6-4-11(15)5-7-12/h3-7H,1-2,8-9H2,(H,16,17). The van der Waals surface area contributed by atoms with E-state index in [-0.39, 0.29) is 24.5 Å². The van der Waals surface area contributed by atoms with Gasteiger partial charge < -0.3 is 10.1 Å². The number of hydrogen-bond donors (Lipinski definition) is 1. The van der Waals surface area contributed by atoms with Gasteiger partial charge in [-0.05, 0) is 24.3 Å². The lowest BCUT2D eigenvalue weighted by atomic mass is 10.2. The van der Waals surface area contributed by atoms with Crippen LogP contribution in [0.1, 0.15) is 6.42 Å². The molecular formula is C14H14ClNO3. The summed E-state index contributed by atoms with van der Waals surface area (Å²) in [6.07, 6.45) is 1.32. The number of hydrogen-bond acceptors (Lipinski definition) is 3. The van der Waals surface area contributed by atoms with Crippen molar-refractivity contribution >= 4 is 29.2 Å². The highest BCUT2D eigenvalue weighted by Gasteiger charge is 2.12. The molecule has 0 atom stereocenters. The highest BCUT2D eigenvalue weighted by atomic mass is 35.5. The number of ether oxygens (including phenoxy) is 1. The smallest absolute Gasteiger partial charge is 0.334 e. The fourth-order valence-electron chi connectivity index (χ4n) is 1.24. The number of rotatable bonds is 6. The summed E-state index contributed by atoms with van der Waals surface area (Å²) in [7, 11) is 0. The molecular weight excluding hydrogens is 266 g/mol. The minimum absolute atomic E-state index is 0.0910. The van der Waals surface area contributed by atoms with Crippen molar-refractivity contribution in [2.24, 2.45) is 0 Å². The Morgan fingerprint density at radius 1 is 1.32 bits per heavy atom. The Bertz CT molecular complexity index is 494. The molecule has 0 radical (unpaired) electrons. The molecule has 1 N–H and O–H groups in total. The Morgan fingerprint density at radius 3 is 2.53 bits per heavy atom. The predicted octanol–water partition coefficient (Wildman–Crippen LogP) is 2.95. The molecule has 0 saturated heterocycles. The lowest BCUT2D eigenvalue weighted by molar-refractivity contribution is -0.138. The fraction of sp³-hybridized carbons (Fsp3) is 0.143. The first kappa shape index (κ1) is 15.0. The minimum Gasteiger partial charge on any atom is -0.458 e. The highest BCUT2D eigenvalue weighted by Crippen LogP contribution is 2.14. The molecule has 5 heteroatoms. The van der Waals surface area contributed by atoms with Crippen LogP contribution in [0.15, 0.2) is 49.1 Å². The van der Waals surface area contributed by atoms with E-state index in [1.165, 1.54) is 6.08 Å². The third kappa shape index (κ3) is 5.40. The summed E-state index contributed by atoms with van der Waals surface area (Å²) in [4.78, 5) is 23.0. The van der Waals surface area contributed by atoms with Gasteiger partial charge in [-0.1, -0.05) is 30.8 Å². The zero-order chi connectivity index (χ0) is 14.3. The van der Waals surface area contributed by atoms with Gasteiger partial charge in [0.2, 0.25) is 5.91 Å². The molecule has 0 aliphatic heterocycles. The predicted molar refractivity (Wildman–Crippen MR) is 75.0 cm³/mol. The molecule has 0 fully saturated rings. The van der Waals surface area contributed by atoms with Gasteiger partial charge in [0.25, 0.3) is 0 Å². The van der Waals surface area contributed by atoms with Crippen LogP contribution in [0.2, 0.25) is 5.02 Å². The average molecular weight is 280 g/mol. The zero-order valence-corrected chi connectivity index (χ0v) is 11.1. The molecule has 1 aromatic carbocycles. The summed E-state index contributed by atoms with van der Waals surface area (Å²) in [6.45, 7) is 7.03. The van der Waals surface area contributed by atoms with Gasteiger partial charge in [-0.15, -0.1) is 0 Å². The number of nitrogens with one attached hydrogen (secondary N) is 1. The lowest BCUT2D eigenvalue weighted by Crippen LogP contribution is -2.16. The lowest BCUT2D eigenvalue weighted by Gasteiger charge is -2.07. The Hall–Kier alpha value is -2.07. The summed E-state index contributed by atoms with van der Waals surface area (Å²) in [5.74, 6) is -0.950. The van der Waals surface area contributed by atoms with E-state index in [4.69, 9.17) is 16.3 Å². The SMILES string of the molecule is C=CCOC(=O)C(=C)CC(=O)Nc1ccc(Cl)cc1. The molecule has 19 heavy (non-hydrogen) atoms. The second-order valence-electron chi connectivity index (χ2n) is 3.72. The maximum atomic E-state index is 11.7. The molecule has 0 aliphatic carbocycles. The quantitative estimate of drug-likeness (QED) is 0.495. The van der Waals surface area contributed by atoms with Gasteiger partial charge in [0, 0.05) is 16.3 Å². The number of carbonyl (C=O) groups is 2. The van der Waals surface area contributed by atoms with Crippen LogP contribution in [0.5, 0.6) is 0 Å². The third-order valence-corrected chi connectivity index (χ3v) is 2.37. The molecule has 100 valence electrons. The molecule has 0 aromatic heterocycles. The van der Waals surface area contributed by atoms with E-state index in [1.54, 1.807) is 24.3 Å². The second-order valence-corrected chi connectivity index (χ2v) is 4.16. The average Bonchev–Trinajstić information content (AvgIpc) is 2.38. The fourth-order valence-corrected chi connectivity index (χ4v) is 1.37. The first-order valence-electron chi connectivity index (χ1n) is 5.54. The maximum Gasteiger partial charge on any atom is 0.334 e. The van der Waals surface area contributed by atoms with E-state index >= 15 is 0 Å². The van der Waals surface area contributed by atoms with Crippen molar-refractivity contribution in [3.63, 3.8) is 0 Å². The van der Waals surface area contributed by atoms with E-state index in [0.29, 0.717) is 10.7 Å². The molecule has 0 aliphatic rings. The number of carbonyl (C=O) groups excluding carboxylic acids is 2. The normalized spacial score (nSPS) is 9.53. The van der Waals surface area contributed by atoms with Gasteiger partial charge in [0.1, 0.15) is 6.61 Å². The summed E-state index contributed by atoms with van der Waals surface area (Å²) >= 11 is 5.73.